The summed E-state index contributed by atoms with van der Waals surface area (Å²) in [4.78, 5) is 0. The first-order valence-corrected chi connectivity index (χ1v) is 0. The molecule has 0 aromatic rings. The van der Waals surface area contributed by atoms with Gasteiger partial charge in [0.2, 0.25) is 0 Å². The van der Waals surface area contributed by atoms with Crippen molar-refractivity contribution in [3.05, 3.63) is 0 Å². The van der Waals surface area contributed by atoms with Crippen LogP contribution in [0.2, 0.25) is 0 Å². The molecule has 6 heteroatoms. The van der Waals surface area contributed by atoms with E-state index in [9.17, 15) is 0 Å². The van der Waals surface area contributed by atoms with Crippen LogP contribution in [0.25, 0.3) is 0 Å². The summed E-state index contributed by atoms with van der Waals surface area (Å²) in [6.45, 7) is 0. The van der Waals surface area contributed by atoms with Crippen molar-refractivity contribution in [3.63, 3.8) is 0 Å². The van der Waals surface area contributed by atoms with Gasteiger partial charge in [-0.1, -0.05) is 0 Å². The van der Waals surface area contributed by atoms with Crippen LogP contribution in [0.3, 0.4) is 0 Å². The Morgan fingerprint density at radius 1 is 1.17 bits per heavy atom. The third-order valence-corrected chi connectivity index (χ3v) is 0. The average molecular weight is 457 g/mol. The van der Waals surface area contributed by atoms with Crippen LogP contribution in [-0.4, -0.2) is 51.4 Å². The second-order valence-corrected chi connectivity index (χ2v) is 0. The SMILES string of the molecule is [Ag].[AlH3].[Au].[Cu].[H-].[H-].[Mg+2].[SiH4]. The van der Waals surface area contributed by atoms with Gasteiger partial charge in [-0.05, 0) is 11.0 Å². The molecule has 0 rings (SSSR count). The van der Waals surface area contributed by atoms with Gasteiger partial charge in [-0.15, -0.1) is 0 Å². The van der Waals surface area contributed by atoms with Crippen LogP contribution in [0, 0.1) is 0 Å². The van der Waals surface area contributed by atoms with E-state index >= 15 is 0 Å². The smallest absolute Gasteiger partial charge is 1.00 e. The summed E-state index contributed by atoms with van der Waals surface area (Å²) in [6, 6.07) is 0. The molecule has 51 valence electrons. The Morgan fingerprint density at radius 2 is 1.17 bits per heavy atom. The Bertz CT molecular complexity index is 22.0. The molecule has 0 aliphatic carbocycles. The fourth-order valence-electron chi connectivity index (χ4n) is 0. The number of hydrogen-bond donors (Lipinski definition) is 0. The van der Waals surface area contributed by atoms with Crippen LogP contribution in [0.4, 0.5) is 0 Å². The van der Waals surface area contributed by atoms with Crippen molar-refractivity contribution in [1.29, 1.82) is 0 Å². The van der Waals surface area contributed by atoms with Crippen LogP contribution < -0.4 is 0 Å². The summed E-state index contributed by atoms with van der Waals surface area (Å²) in [7, 11) is 0. The van der Waals surface area contributed by atoms with Gasteiger partial charge >= 0.3 is 23.1 Å². The van der Waals surface area contributed by atoms with E-state index in [-0.39, 0.29) is 116 Å². The average Bonchev–Trinajstić information content (AvgIpc) is 0. The van der Waals surface area contributed by atoms with Crippen LogP contribution in [0.15, 0.2) is 0 Å². The van der Waals surface area contributed by atoms with Crippen LogP contribution in [0.5, 0.6) is 0 Å². The van der Waals surface area contributed by atoms with Gasteiger partial charge in [0.25, 0.3) is 0 Å². The van der Waals surface area contributed by atoms with Crippen molar-refractivity contribution in [2.45, 2.75) is 0 Å². The molecule has 0 heterocycles. The third-order valence-electron chi connectivity index (χ3n) is 0. The summed E-state index contributed by atoms with van der Waals surface area (Å²) in [5.41, 5.74) is 0. The van der Waals surface area contributed by atoms with E-state index < -0.39 is 0 Å². The summed E-state index contributed by atoms with van der Waals surface area (Å²) in [5, 5.41) is 0. The Hall–Kier alpha value is 3.52. The molecule has 0 aromatic heterocycles. The molecule has 0 spiro atoms. The van der Waals surface area contributed by atoms with Gasteiger partial charge in [-0.3, -0.25) is 0 Å². The zero-order chi connectivity index (χ0) is 0. The molecule has 0 unspecified atom stereocenters. The van der Waals surface area contributed by atoms with Crippen LogP contribution in [0.1, 0.15) is 2.85 Å². The van der Waals surface area contributed by atoms with Gasteiger partial charge in [0.15, 0.2) is 17.4 Å². The molecule has 6 heavy (non-hydrogen) atoms. The van der Waals surface area contributed by atoms with Crippen LogP contribution >= 0.6 is 0 Å². The molecule has 0 bridgehead atoms. The Kier molecular flexibility index (Phi) is 362. The maximum absolute atomic E-state index is 0. The summed E-state index contributed by atoms with van der Waals surface area (Å²) >= 11 is 0. The van der Waals surface area contributed by atoms with E-state index in [0.29, 0.717) is 0 Å². The molecule has 0 fully saturated rings. The largest absolute Gasteiger partial charge is 2.00 e. The standard InChI is InChI=1S/Ag.Al.Au.Cu.Mg.H4Si.5H/h;;;;;1H4;;;;;/q;;;;+2;;;;;2*-1. The minimum atomic E-state index is 0. The molecule has 0 saturated carbocycles. The molecule has 3 radical (unpaired) electrons. The third kappa shape index (κ3) is 25.8. The molecule has 0 aliphatic heterocycles. The van der Waals surface area contributed by atoms with E-state index in [1.807, 2.05) is 0 Å². The summed E-state index contributed by atoms with van der Waals surface area (Å²) in [5.74, 6) is 0. The molecular weight excluding hydrogens is 448 g/mol. The van der Waals surface area contributed by atoms with E-state index in [1.165, 1.54) is 0 Å². The van der Waals surface area contributed by atoms with Gasteiger partial charge in [-0.25, -0.2) is 0 Å². The topological polar surface area (TPSA) is 0 Å². The minimum absolute atomic E-state index is 0. The predicted molar refractivity (Wildman–Crippen MR) is 29.3 cm³/mol. The molecule has 0 aliphatic rings. The zero-order valence-corrected chi connectivity index (χ0v) is 7.62. The summed E-state index contributed by atoms with van der Waals surface area (Å²) in [6.07, 6.45) is 0. The quantitative estimate of drug-likeness (QED) is 0.346. The number of rotatable bonds is 0. The van der Waals surface area contributed by atoms with E-state index in [2.05, 4.69) is 0 Å². The van der Waals surface area contributed by atoms with Crippen LogP contribution in [-0.2, 0) is 61.8 Å². The van der Waals surface area contributed by atoms with Gasteiger partial charge in [0, 0.05) is 61.8 Å². The maximum Gasteiger partial charge on any atom is 2.00 e. The van der Waals surface area contributed by atoms with Crippen molar-refractivity contribution in [3.8, 4) is 0 Å². The second-order valence-electron chi connectivity index (χ2n) is 0. The predicted octanol–water partition coefficient (Wildman–Crippen LogP) is -2.80. The van der Waals surface area contributed by atoms with Crippen molar-refractivity contribution in [1.82, 2.24) is 0 Å². The van der Waals surface area contributed by atoms with Crippen molar-refractivity contribution in [2.75, 3.05) is 0 Å². The Labute approximate surface area is 114 Å². The fourth-order valence-corrected chi connectivity index (χ4v) is 0. The number of hydrogen-bond acceptors (Lipinski definition) is 0. The zero-order valence-electron chi connectivity index (χ0n) is 3.61. The van der Waals surface area contributed by atoms with Gasteiger partial charge < -0.3 is 2.85 Å². The monoisotopic (exact) mass is 455 g/mol. The van der Waals surface area contributed by atoms with Gasteiger partial charge in [0.05, 0.1) is 0 Å². The molecule has 0 atom stereocenters. The molecule has 0 aromatic carbocycles. The first kappa shape index (κ1) is 55.8. The Balaban J connectivity index is 0. The van der Waals surface area contributed by atoms with Gasteiger partial charge in [0.1, 0.15) is 0 Å². The molecule has 0 N–H and O–H groups in total. The Morgan fingerprint density at radius 3 is 1.17 bits per heavy atom. The van der Waals surface area contributed by atoms with Crippen molar-refractivity contribution in [2.24, 2.45) is 0 Å². The first-order chi connectivity index (χ1) is 0. The van der Waals surface area contributed by atoms with E-state index in [0.717, 1.165) is 0 Å². The minimum Gasteiger partial charge on any atom is -1.00 e. The second kappa shape index (κ2) is 38.9. The summed E-state index contributed by atoms with van der Waals surface area (Å²) < 4.78 is 0. The van der Waals surface area contributed by atoms with Gasteiger partial charge in [-0.2, -0.15) is 0 Å². The maximum atomic E-state index is 0. The first-order valence-electron chi connectivity index (χ1n) is 0. The fraction of sp³-hybridized carbons (Fsp3) is 0. The van der Waals surface area contributed by atoms with E-state index in [4.69, 9.17) is 0 Å². The molecular formula is H9AgAlAuCuMgSi. The molecule has 0 saturated heterocycles. The molecule has 0 nitrogen and oxygen atoms in total. The van der Waals surface area contributed by atoms with E-state index in [1.54, 1.807) is 0 Å². The van der Waals surface area contributed by atoms with Crippen molar-refractivity contribution >= 4 is 51.4 Å². The normalized spacial score (nSPS) is 0. The molecule has 0 amide bonds. The van der Waals surface area contributed by atoms with Crippen molar-refractivity contribution < 1.29 is 64.7 Å².